The molecule has 0 spiro atoms. The Morgan fingerprint density at radius 3 is 2.39 bits per heavy atom. The number of hydrogen-bond acceptors (Lipinski definition) is 5. The van der Waals surface area contributed by atoms with Gasteiger partial charge in [0.1, 0.15) is 0 Å². The Hall–Kier alpha value is -4.19. The van der Waals surface area contributed by atoms with E-state index in [9.17, 15) is 9.59 Å². The van der Waals surface area contributed by atoms with Crippen molar-refractivity contribution in [3.8, 4) is 0 Å². The normalized spacial score (nSPS) is 11.1. The maximum Gasteiger partial charge on any atom is 0.337 e. The largest absolute Gasteiger partial charge is 0.465 e. The highest BCUT2D eigenvalue weighted by atomic mass is 16.5. The quantitative estimate of drug-likeness (QED) is 0.300. The SMILES string of the molecule is COC(=O)c1cccc(Cn2cc(C=Nc3cc(C(=O)OC)ccc3C)c3ccccc32)c1. The summed E-state index contributed by atoms with van der Waals surface area (Å²) in [6.07, 6.45) is 3.85. The first kappa shape index (κ1) is 22.0. The minimum atomic E-state index is -0.391. The molecule has 6 heteroatoms. The number of esters is 2. The lowest BCUT2D eigenvalue weighted by Gasteiger charge is -2.07. The van der Waals surface area contributed by atoms with Crippen LogP contribution in [0.2, 0.25) is 0 Å². The molecule has 166 valence electrons. The Morgan fingerprint density at radius 1 is 0.909 bits per heavy atom. The van der Waals surface area contributed by atoms with Gasteiger partial charge in [-0.25, -0.2) is 9.59 Å². The molecule has 0 saturated carbocycles. The van der Waals surface area contributed by atoms with Crippen LogP contribution in [0.5, 0.6) is 0 Å². The Bertz CT molecular complexity index is 1370. The van der Waals surface area contributed by atoms with Crippen molar-refractivity contribution in [2.45, 2.75) is 13.5 Å². The first-order valence-corrected chi connectivity index (χ1v) is 10.5. The predicted octanol–water partition coefficient (Wildman–Crippen LogP) is 5.32. The molecule has 0 unspecified atom stereocenters. The third kappa shape index (κ3) is 4.70. The lowest BCUT2D eigenvalue weighted by atomic mass is 10.1. The van der Waals surface area contributed by atoms with E-state index in [-0.39, 0.29) is 5.97 Å². The van der Waals surface area contributed by atoms with Crippen LogP contribution >= 0.6 is 0 Å². The second-order valence-corrected chi connectivity index (χ2v) is 7.67. The van der Waals surface area contributed by atoms with Crippen molar-refractivity contribution in [3.63, 3.8) is 0 Å². The van der Waals surface area contributed by atoms with Crippen molar-refractivity contribution in [2.24, 2.45) is 4.99 Å². The van der Waals surface area contributed by atoms with E-state index in [0.29, 0.717) is 23.4 Å². The summed E-state index contributed by atoms with van der Waals surface area (Å²) in [7, 11) is 2.74. The van der Waals surface area contributed by atoms with Crippen LogP contribution in [-0.4, -0.2) is 36.9 Å². The maximum atomic E-state index is 11.9. The molecule has 0 saturated heterocycles. The second kappa shape index (κ2) is 9.53. The highest BCUT2D eigenvalue weighted by Gasteiger charge is 2.11. The second-order valence-electron chi connectivity index (χ2n) is 7.67. The number of benzene rings is 3. The van der Waals surface area contributed by atoms with E-state index in [2.05, 4.69) is 21.7 Å². The van der Waals surface area contributed by atoms with Gasteiger partial charge in [0, 0.05) is 35.4 Å². The van der Waals surface area contributed by atoms with E-state index in [1.165, 1.54) is 14.2 Å². The van der Waals surface area contributed by atoms with Crippen molar-refractivity contribution >= 4 is 34.7 Å². The zero-order chi connectivity index (χ0) is 23.4. The Balaban J connectivity index is 1.69. The summed E-state index contributed by atoms with van der Waals surface area (Å²) < 4.78 is 11.8. The van der Waals surface area contributed by atoms with Crippen LogP contribution in [0, 0.1) is 6.92 Å². The van der Waals surface area contributed by atoms with Crippen molar-refractivity contribution in [1.29, 1.82) is 0 Å². The van der Waals surface area contributed by atoms with Gasteiger partial charge in [-0.05, 0) is 48.4 Å². The van der Waals surface area contributed by atoms with Gasteiger partial charge < -0.3 is 14.0 Å². The minimum absolute atomic E-state index is 0.355. The molecule has 33 heavy (non-hydrogen) atoms. The molecule has 1 aromatic heterocycles. The molecule has 1 heterocycles. The molecule has 0 bridgehead atoms. The van der Waals surface area contributed by atoms with Gasteiger partial charge in [0.2, 0.25) is 0 Å². The van der Waals surface area contributed by atoms with Crippen LogP contribution in [0.25, 0.3) is 10.9 Å². The van der Waals surface area contributed by atoms with Gasteiger partial charge in [-0.1, -0.05) is 36.4 Å². The number of para-hydroxylation sites is 1. The fourth-order valence-electron chi connectivity index (χ4n) is 3.75. The molecule has 3 aromatic carbocycles. The zero-order valence-corrected chi connectivity index (χ0v) is 18.7. The van der Waals surface area contributed by atoms with E-state index < -0.39 is 5.97 Å². The molecule has 0 aliphatic rings. The lowest BCUT2D eigenvalue weighted by molar-refractivity contribution is 0.0592. The fourth-order valence-corrected chi connectivity index (χ4v) is 3.75. The molecule has 0 fully saturated rings. The molecule has 6 nitrogen and oxygen atoms in total. The third-order valence-electron chi connectivity index (χ3n) is 5.49. The number of aryl methyl sites for hydroxylation is 1. The molecule has 0 aliphatic heterocycles. The zero-order valence-electron chi connectivity index (χ0n) is 18.7. The Kier molecular flexibility index (Phi) is 6.36. The van der Waals surface area contributed by atoms with Crippen LogP contribution in [0.15, 0.2) is 77.9 Å². The van der Waals surface area contributed by atoms with Crippen LogP contribution in [-0.2, 0) is 16.0 Å². The summed E-state index contributed by atoms with van der Waals surface area (Å²) in [6.45, 7) is 2.54. The molecule has 0 amide bonds. The highest BCUT2D eigenvalue weighted by Crippen LogP contribution is 2.24. The minimum Gasteiger partial charge on any atom is -0.465 e. The van der Waals surface area contributed by atoms with Crippen LogP contribution in [0.3, 0.4) is 0 Å². The number of nitrogens with zero attached hydrogens (tertiary/aromatic N) is 2. The topological polar surface area (TPSA) is 69.9 Å². The van der Waals surface area contributed by atoms with Gasteiger partial charge in [-0.15, -0.1) is 0 Å². The van der Waals surface area contributed by atoms with E-state index in [0.717, 1.165) is 27.6 Å². The van der Waals surface area contributed by atoms with Gasteiger partial charge >= 0.3 is 11.9 Å². The van der Waals surface area contributed by atoms with Crippen LogP contribution in [0.4, 0.5) is 5.69 Å². The molecule has 0 atom stereocenters. The van der Waals surface area contributed by atoms with Crippen molar-refractivity contribution in [2.75, 3.05) is 14.2 Å². The molecular formula is C27H24N2O4. The summed E-state index contributed by atoms with van der Waals surface area (Å²) in [5.74, 6) is -0.746. The molecule has 0 N–H and O–H groups in total. The van der Waals surface area contributed by atoms with Gasteiger partial charge in [0.15, 0.2) is 0 Å². The molecular weight excluding hydrogens is 416 g/mol. The van der Waals surface area contributed by atoms with E-state index in [1.54, 1.807) is 18.2 Å². The first-order valence-electron chi connectivity index (χ1n) is 10.5. The number of ether oxygens (including phenoxy) is 2. The molecule has 4 aromatic rings. The summed E-state index contributed by atoms with van der Waals surface area (Å²) in [5, 5.41) is 1.06. The van der Waals surface area contributed by atoms with Gasteiger partial charge in [0.05, 0.1) is 31.0 Å². The van der Waals surface area contributed by atoms with Gasteiger partial charge in [-0.3, -0.25) is 4.99 Å². The number of methoxy groups -OCH3 is 2. The van der Waals surface area contributed by atoms with Crippen LogP contribution in [0.1, 0.15) is 37.4 Å². The monoisotopic (exact) mass is 440 g/mol. The number of hydrogen-bond donors (Lipinski definition) is 0. The summed E-state index contributed by atoms with van der Waals surface area (Å²) in [5.41, 5.74) is 5.66. The maximum absolute atomic E-state index is 11.9. The van der Waals surface area contributed by atoms with E-state index in [4.69, 9.17) is 9.47 Å². The summed E-state index contributed by atoms with van der Waals surface area (Å²) >= 11 is 0. The third-order valence-corrected chi connectivity index (χ3v) is 5.49. The predicted molar refractivity (Wildman–Crippen MR) is 129 cm³/mol. The number of fused-ring (bicyclic) bond motifs is 1. The van der Waals surface area contributed by atoms with Crippen molar-refractivity contribution in [1.82, 2.24) is 4.57 Å². The Morgan fingerprint density at radius 2 is 1.64 bits per heavy atom. The Labute approximate surface area is 192 Å². The fraction of sp³-hybridized carbons (Fsp3) is 0.148. The first-order chi connectivity index (χ1) is 16.0. The van der Waals surface area contributed by atoms with Crippen molar-refractivity contribution in [3.05, 3.63) is 101 Å². The standard InChI is InChI=1S/C27H24N2O4/c1-18-11-12-21(27(31)33-3)14-24(18)28-15-22-17-29(25-10-5-4-9-23(22)25)16-19-7-6-8-20(13-19)26(30)32-2/h4-15,17H,16H2,1-3H3. The highest BCUT2D eigenvalue weighted by molar-refractivity contribution is 6.00. The number of aliphatic imine (C=N–C) groups is 1. The average Bonchev–Trinajstić information content (AvgIpc) is 3.20. The lowest BCUT2D eigenvalue weighted by Crippen LogP contribution is -2.03. The van der Waals surface area contributed by atoms with Gasteiger partial charge in [-0.2, -0.15) is 0 Å². The molecule has 4 rings (SSSR count). The molecule has 0 aliphatic carbocycles. The smallest absolute Gasteiger partial charge is 0.337 e. The van der Waals surface area contributed by atoms with E-state index >= 15 is 0 Å². The number of rotatable bonds is 6. The summed E-state index contributed by atoms with van der Waals surface area (Å²) in [6, 6.07) is 20.8. The molecule has 0 radical (unpaired) electrons. The number of carbonyl (C=O) groups is 2. The average molecular weight is 440 g/mol. The van der Waals surface area contributed by atoms with E-state index in [1.807, 2.05) is 55.7 Å². The van der Waals surface area contributed by atoms with Crippen molar-refractivity contribution < 1.29 is 19.1 Å². The number of aromatic nitrogens is 1. The number of carbonyl (C=O) groups excluding carboxylic acids is 2. The van der Waals surface area contributed by atoms with Crippen LogP contribution < -0.4 is 0 Å². The summed E-state index contributed by atoms with van der Waals surface area (Å²) in [4.78, 5) is 28.4. The van der Waals surface area contributed by atoms with Gasteiger partial charge in [0.25, 0.3) is 0 Å².